The van der Waals surface area contributed by atoms with E-state index in [1.807, 2.05) is 42.5 Å². The fourth-order valence-electron chi connectivity index (χ4n) is 2.04. The van der Waals surface area contributed by atoms with Gasteiger partial charge in [-0.1, -0.05) is 18.2 Å². The summed E-state index contributed by atoms with van der Waals surface area (Å²) in [4.78, 5) is 0. The Kier molecular flexibility index (Phi) is 5.60. The zero-order valence-corrected chi connectivity index (χ0v) is 12.3. The SMILES string of the molecule is COc1ccc(COCc2cc(CO)ccc2OC)cc1. The highest BCUT2D eigenvalue weighted by Crippen LogP contribution is 2.21. The smallest absolute Gasteiger partial charge is 0.124 e. The van der Waals surface area contributed by atoms with E-state index in [0.29, 0.717) is 13.2 Å². The molecule has 1 N–H and O–H groups in total. The molecule has 2 aromatic carbocycles. The molecule has 4 nitrogen and oxygen atoms in total. The number of hydrogen-bond donors (Lipinski definition) is 1. The molecule has 0 aromatic heterocycles. The van der Waals surface area contributed by atoms with Gasteiger partial charge in [-0.3, -0.25) is 0 Å². The second-order valence-electron chi connectivity index (χ2n) is 4.65. The maximum Gasteiger partial charge on any atom is 0.124 e. The van der Waals surface area contributed by atoms with E-state index >= 15 is 0 Å². The average molecular weight is 288 g/mol. The van der Waals surface area contributed by atoms with Gasteiger partial charge in [0, 0.05) is 5.56 Å². The number of hydrogen-bond acceptors (Lipinski definition) is 4. The molecule has 2 aromatic rings. The Balaban J connectivity index is 1.95. The van der Waals surface area contributed by atoms with Crippen LogP contribution in [0.15, 0.2) is 42.5 Å². The summed E-state index contributed by atoms with van der Waals surface area (Å²) in [7, 11) is 3.27. The van der Waals surface area contributed by atoms with Crippen molar-refractivity contribution in [3.8, 4) is 11.5 Å². The van der Waals surface area contributed by atoms with E-state index in [0.717, 1.165) is 28.2 Å². The minimum atomic E-state index is 0.00940. The fraction of sp³-hybridized carbons (Fsp3) is 0.294. The first-order chi connectivity index (χ1) is 10.3. The van der Waals surface area contributed by atoms with Crippen molar-refractivity contribution in [3.63, 3.8) is 0 Å². The third-order valence-corrected chi connectivity index (χ3v) is 3.21. The summed E-state index contributed by atoms with van der Waals surface area (Å²) >= 11 is 0. The van der Waals surface area contributed by atoms with Crippen molar-refractivity contribution in [2.45, 2.75) is 19.8 Å². The second-order valence-corrected chi connectivity index (χ2v) is 4.65. The number of aliphatic hydroxyl groups is 1. The van der Waals surface area contributed by atoms with Gasteiger partial charge in [0.2, 0.25) is 0 Å². The van der Waals surface area contributed by atoms with Gasteiger partial charge in [-0.2, -0.15) is 0 Å². The van der Waals surface area contributed by atoms with E-state index in [9.17, 15) is 5.11 Å². The summed E-state index contributed by atoms with van der Waals surface area (Å²) in [5.41, 5.74) is 2.85. The van der Waals surface area contributed by atoms with Crippen LogP contribution in [-0.2, 0) is 24.6 Å². The van der Waals surface area contributed by atoms with Gasteiger partial charge in [-0.15, -0.1) is 0 Å². The molecule has 4 heteroatoms. The first kappa shape index (κ1) is 15.4. The molecule has 0 aliphatic rings. The topological polar surface area (TPSA) is 47.9 Å². The highest BCUT2D eigenvalue weighted by atomic mass is 16.5. The van der Waals surface area contributed by atoms with Crippen LogP contribution in [0.2, 0.25) is 0 Å². The molecule has 0 bridgehead atoms. The molecule has 0 unspecified atom stereocenters. The van der Waals surface area contributed by atoms with Gasteiger partial charge in [-0.25, -0.2) is 0 Å². The van der Waals surface area contributed by atoms with E-state index in [-0.39, 0.29) is 6.61 Å². The van der Waals surface area contributed by atoms with Crippen LogP contribution in [-0.4, -0.2) is 19.3 Å². The highest BCUT2D eigenvalue weighted by molar-refractivity contribution is 5.36. The van der Waals surface area contributed by atoms with Gasteiger partial charge in [0.15, 0.2) is 0 Å². The first-order valence-corrected chi connectivity index (χ1v) is 6.74. The molecule has 21 heavy (non-hydrogen) atoms. The van der Waals surface area contributed by atoms with E-state index in [4.69, 9.17) is 14.2 Å². The second kappa shape index (κ2) is 7.67. The standard InChI is InChI=1S/C17H20O4/c1-19-16-6-3-13(4-7-16)11-21-12-15-9-14(10-18)5-8-17(15)20-2/h3-9,18H,10-12H2,1-2H3. The molecule has 0 fully saturated rings. The van der Waals surface area contributed by atoms with E-state index < -0.39 is 0 Å². The zero-order valence-electron chi connectivity index (χ0n) is 12.3. The van der Waals surface area contributed by atoms with Crippen molar-refractivity contribution in [2.24, 2.45) is 0 Å². The van der Waals surface area contributed by atoms with Crippen molar-refractivity contribution in [2.75, 3.05) is 14.2 Å². The summed E-state index contributed by atoms with van der Waals surface area (Å²) < 4.78 is 16.1. The molecule has 0 spiro atoms. The van der Waals surface area contributed by atoms with Crippen LogP contribution in [0.3, 0.4) is 0 Å². The Hall–Kier alpha value is -2.04. The molecule has 112 valence electrons. The van der Waals surface area contributed by atoms with Gasteiger partial charge < -0.3 is 19.3 Å². The fourth-order valence-corrected chi connectivity index (χ4v) is 2.04. The molecular weight excluding hydrogens is 268 g/mol. The van der Waals surface area contributed by atoms with Crippen molar-refractivity contribution in [3.05, 3.63) is 59.2 Å². The van der Waals surface area contributed by atoms with Crippen molar-refractivity contribution < 1.29 is 19.3 Å². The van der Waals surface area contributed by atoms with Gasteiger partial charge >= 0.3 is 0 Å². The summed E-state index contributed by atoms with van der Waals surface area (Å²) in [6, 6.07) is 13.3. The quantitative estimate of drug-likeness (QED) is 0.851. The van der Waals surface area contributed by atoms with Crippen LogP contribution < -0.4 is 9.47 Å². The number of rotatable bonds is 7. The molecule has 0 amide bonds. The molecule has 0 saturated carbocycles. The molecule has 0 heterocycles. The highest BCUT2D eigenvalue weighted by Gasteiger charge is 2.05. The van der Waals surface area contributed by atoms with Crippen LogP contribution in [0, 0.1) is 0 Å². The third-order valence-electron chi connectivity index (χ3n) is 3.21. The van der Waals surface area contributed by atoms with E-state index in [1.165, 1.54) is 0 Å². The van der Waals surface area contributed by atoms with Gasteiger partial charge in [0.25, 0.3) is 0 Å². The van der Waals surface area contributed by atoms with Crippen LogP contribution in [0.5, 0.6) is 11.5 Å². The van der Waals surface area contributed by atoms with E-state index in [1.54, 1.807) is 14.2 Å². The normalized spacial score (nSPS) is 10.4. The molecule has 0 radical (unpaired) electrons. The molecule has 2 rings (SSSR count). The van der Waals surface area contributed by atoms with Crippen LogP contribution in [0.25, 0.3) is 0 Å². The predicted molar refractivity (Wildman–Crippen MR) is 80.4 cm³/mol. The Morgan fingerprint density at radius 1 is 0.857 bits per heavy atom. The summed E-state index contributed by atoms with van der Waals surface area (Å²) in [6.07, 6.45) is 0. The maximum atomic E-state index is 9.18. The molecule has 0 aliphatic carbocycles. The number of methoxy groups -OCH3 is 2. The van der Waals surface area contributed by atoms with Crippen molar-refractivity contribution in [1.29, 1.82) is 0 Å². The van der Waals surface area contributed by atoms with Gasteiger partial charge in [0.05, 0.1) is 34.0 Å². The van der Waals surface area contributed by atoms with Crippen LogP contribution in [0.1, 0.15) is 16.7 Å². The molecular formula is C17H20O4. The van der Waals surface area contributed by atoms with Gasteiger partial charge in [-0.05, 0) is 35.4 Å². The van der Waals surface area contributed by atoms with Crippen molar-refractivity contribution >= 4 is 0 Å². The Labute approximate surface area is 124 Å². The Morgan fingerprint density at radius 3 is 2.19 bits per heavy atom. The van der Waals surface area contributed by atoms with Crippen LogP contribution in [0.4, 0.5) is 0 Å². The molecule has 0 aliphatic heterocycles. The predicted octanol–water partition coefficient (Wildman–Crippen LogP) is 2.91. The van der Waals surface area contributed by atoms with E-state index in [2.05, 4.69) is 0 Å². The lowest BCUT2D eigenvalue weighted by atomic mass is 10.1. The number of ether oxygens (including phenoxy) is 3. The summed E-state index contributed by atoms with van der Waals surface area (Å²) in [5.74, 6) is 1.60. The first-order valence-electron chi connectivity index (χ1n) is 6.74. The number of benzene rings is 2. The molecule has 0 saturated heterocycles. The third kappa shape index (κ3) is 4.21. The van der Waals surface area contributed by atoms with Gasteiger partial charge in [0.1, 0.15) is 11.5 Å². The molecule has 0 atom stereocenters. The Morgan fingerprint density at radius 2 is 1.57 bits per heavy atom. The monoisotopic (exact) mass is 288 g/mol. The minimum absolute atomic E-state index is 0.00940. The lowest BCUT2D eigenvalue weighted by molar-refractivity contribution is 0.105. The largest absolute Gasteiger partial charge is 0.497 e. The van der Waals surface area contributed by atoms with Crippen molar-refractivity contribution in [1.82, 2.24) is 0 Å². The average Bonchev–Trinajstić information content (AvgIpc) is 2.55. The van der Waals surface area contributed by atoms with Crippen LogP contribution >= 0.6 is 0 Å². The lowest BCUT2D eigenvalue weighted by Gasteiger charge is -2.11. The minimum Gasteiger partial charge on any atom is -0.497 e. The number of aliphatic hydroxyl groups excluding tert-OH is 1. The summed E-state index contributed by atoms with van der Waals surface area (Å²) in [6.45, 7) is 0.953. The Bertz CT molecular complexity index is 564. The summed E-state index contributed by atoms with van der Waals surface area (Å²) in [5, 5.41) is 9.18. The lowest BCUT2D eigenvalue weighted by Crippen LogP contribution is -1.99. The maximum absolute atomic E-state index is 9.18. The zero-order chi connectivity index (χ0) is 15.1.